The van der Waals surface area contributed by atoms with Gasteiger partial charge in [-0.05, 0) is 22.9 Å². The molecule has 134 valence electrons. The van der Waals surface area contributed by atoms with Crippen LogP contribution in [0.2, 0.25) is 0 Å². The third-order valence-corrected chi connectivity index (χ3v) is 4.25. The van der Waals surface area contributed by atoms with Crippen LogP contribution in [0, 0.1) is 0 Å². The van der Waals surface area contributed by atoms with Crippen molar-refractivity contribution in [2.75, 3.05) is 0 Å². The number of ketones is 1. The van der Waals surface area contributed by atoms with Gasteiger partial charge in [0, 0.05) is 18.4 Å². The lowest BCUT2D eigenvalue weighted by molar-refractivity contribution is 0.0980. The fraction of sp³-hybridized carbons (Fsp3) is 0.136. The molecule has 0 aliphatic carbocycles. The molecule has 4 rings (SSSR count). The van der Waals surface area contributed by atoms with E-state index in [9.17, 15) is 4.79 Å². The lowest BCUT2D eigenvalue weighted by Gasteiger charge is -2.04. The number of hydrogen-bond acceptors (Lipinski definition) is 5. The molecule has 0 saturated heterocycles. The highest BCUT2D eigenvalue weighted by Gasteiger charge is 2.11. The van der Waals surface area contributed by atoms with Crippen molar-refractivity contribution in [1.82, 2.24) is 10.2 Å². The first-order valence-corrected chi connectivity index (χ1v) is 8.79. The smallest absolute Gasteiger partial charge is 0.253 e. The van der Waals surface area contributed by atoms with Gasteiger partial charge in [0.2, 0.25) is 5.89 Å². The van der Waals surface area contributed by atoms with E-state index in [4.69, 9.17) is 9.15 Å². The first kappa shape index (κ1) is 17.0. The summed E-state index contributed by atoms with van der Waals surface area (Å²) in [4.78, 5) is 12.1. The lowest BCUT2D eigenvalue weighted by Crippen LogP contribution is -2.01. The van der Waals surface area contributed by atoms with Crippen LogP contribution in [0.3, 0.4) is 0 Å². The van der Waals surface area contributed by atoms with Crippen LogP contribution in [-0.2, 0) is 13.0 Å². The quantitative estimate of drug-likeness (QED) is 0.451. The highest BCUT2D eigenvalue weighted by Crippen LogP contribution is 2.21. The van der Waals surface area contributed by atoms with E-state index in [0.717, 1.165) is 16.5 Å². The lowest BCUT2D eigenvalue weighted by atomic mass is 10.1. The van der Waals surface area contributed by atoms with Gasteiger partial charge in [-0.2, -0.15) is 0 Å². The molecular weight excluding hydrogens is 340 g/mol. The number of aryl methyl sites for hydroxylation is 1. The minimum Gasteiger partial charge on any atom is -0.484 e. The van der Waals surface area contributed by atoms with E-state index in [0.29, 0.717) is 30.2 Å². The Bertz CT molecular complexity index is 1060. The molecule has 0 aliphatic heterocycles. The van der Waals surface area contributed by atoms with E-state index < -0.39 is 0 Å². The van der Waals surface area contributed by atoms with Crippen molar-refractivity contribution in [2.45, 2.75) is 19.4 Å². The fourth-order valence-electron chi connectivity index (χ4n) is 2.84. The maximum absolute atomic E-state index is 12.1. The molecule has 1 heterocycles. The SMILES string of the molecule is O=C(CCc1nnc(COc2ccc3ccccc3c2)o1)c1ccccc1. The molecule has 5 heteroatoms. The van der Waals surface area contributed by atoms with Crippen molar-refractivity contribution in [3.05, 3.63) is 90.1 Å². The minimum atomic E-state index is 0.0581. The number of aromatic nitrogens is 2. The highest BCUT2D eigenvalue weighted by molar-refractivity contribution is 5.96. The van der Waals surface area contributed by atoms with Crippen molar-refractivity contribution in [3.63, 3.8) is 0 Å². The molecule has 0 fully saturated rings. The number of ether oxygens (including phenoxy) is 1. The Morgan fingerprint density at radius 3 is 2.44 bits per heavy atom. The van der Waals surface area contributed by atoms with Gasteiger partial charge in [-0.15, -0.1) is 10.2 Å². The highest BCUT2D eigenvalue weighted by atomic mass is 16.5. The Balaban J connectivity index is 1.33. The monoisotopic (exact) mass is 358 g/mol. The maximum atomic E-state index is 12.1. The van der Waals surface area contributed by atoms with Gasteiger partial charge in [-0.25, -0.2) is 0 Å². The minimum absolute atomic E-state index is 0.0581. The van der Waals surface area contributed by atoms with Gasteiger partial charge in [-0.3, -0.25) is 4.79 Å². The summed E-state index contributed by atoms with van der Waals surface area (Å²) in [5, 5.41) is 10.3. The Morgan fingerprint density at radius 2 is 1.59 bits per heavy atom. The summed E-state index contributed by atoms with van der Waals surface area (Å²) in [5.74, 6) is 1.64. The Hall–Kier alpha value is -3.47. The molecule has 4 aromatic rings. The molecule has 0 aliphatic rings. The first-order valence-electron chi connectivity index (χ1n) is 8.79. The molecule has 5 nitrogen and oxygen atoms in total. The van der Waals surface area contributed by atoms with E-state index >= 15 is 0 Å². The van der Waals surface area contributed by atoms with Crippen LogP contribution in [-0.4, -0.2) is 16.0 Å². The largest absolute Gasteiger partial charge is 0.484 e. The number of hydrogen-bond donors (Lipinski definition) is 0. The number of nitrogens with zero attached hydrogens (tertiary/aromatic N) is 2. The second-order valence-corrected chi connectivity index (χ2v) is 6.18. The number of rotatable bonds is 7. The molecule has 0 bridgehead atoms. The maximum Gasteiger partial charge on any atom is 0.253 e. The average Bonchev–Trinajstić information content (AvgIpc) is 3.19. The molecule has 3 aromatic carbocycles. The molecule has 0 atom stereocenters. The van der Waals surface area contributed by atoms with Crippen LogP contribution in [0.25, 0.3) is 10.8 Å². The van der Waals surface area contributed by atoms with Gasteiger partial charge >= 0.3 is 0 Å². The number of carbonyl (C=O) groups excluding carboxylic acids is 1. The van der Waals surface area contributed by atoms with Crippen molar-refractivity contribution in [2.24, 2.45) is 0 Å². The topological polar surface area (TPSA) is 65.2 Å². The van der Waals surface area contributed by atoms with Crippen molar-refractivity contribution >= 4 is 16.6 Å². The Morgan fingerprint density at radius 1 is 0.852 bits per heavy atom. The molecule has 0 saturated carbocycles. The second kappa shape index (κ2) is 7.83. The Kier molecular flexibility index (Phi) is 4.92. The molecule has 0 amide bonds. The summed E-state index contributed by atoms with van der Waals surface area (Å²) in [6.07, 6.45) is 0.744. The first-order chi connectivity index (χ1) is 13.3. The van der Waals surface area contributed by atoms with Crippen molar-refractivity contribution in [3.8, 4) is 5.75 Å². The summed E-state index contributed by atoms with van der Waals surface area (Å²) < 4.78 is 11.3. The van der Waals surface area contributed by atoms with Crippen LogP contribution in [0.5, 0.6) is 5.75 Å². The van der Waals surface area contributed by atoms with Gasteiger partial charge in [0.1, 0.15) is 5.75 Å². The zero-order valence-corrected chi connectivity index (χ0v) is 14.7. The summed E-state index contributed by atoms with van der Waals surface area (Å²) in [5.41, 5.74) is 0.692. The number of carbonyl (C=O) groups is 1. The number of fused-ring (bicyclic) bond motifs is 1. The van der Waals surface area contributed by atoms with E-state index in [1.165, 1.54) is 0 Å². The second-order valence-electron chi connectivity index (χ2n) is 6.18. The molecular formula is C22H18N2O3. The third kappa shape index (κ3) is 4.20. The van der Waals surface area contributed by atoms with Crippen LogP contribution >= 0.6 is 0 Å². The fourth-order valence-corrected chi connectivity index (χ4v) is 2.84. The van der Waals surface area contributed by atoms with Gasteiger partial charge in [0.05, 0.1) is 0 Å². The number of benzene rings is 3. The predicted octanol–water partition coefficient (Wildman–Crippen LogP) is 4.62. The Labute approximate surface area is 156 Å². The van der Waals surface area contributed by atoms with Gasteiger partial charge in [0.25, 0.3) is 5.89 Å². The van der Waals surface area contributed by atoms with E-state index in [2.05, 4.69) is 16.3 Å². The summed E-state index contributed by atoms with van der Waals surface area (Å²) in [7, 11) is 0. The van der Waals surface area contributed by atoms with Crippen LogP contribution < -0.4 is 4.74 Å². The average molecular weight is 358 g/mol. The third-order valence-electron chi connectivity index (χ3n) is 4.25. The summed E-state index contributed by atoms with van der Waals surface area (Å²) in [6, 6.07) is 23.2. The van der Waals surface area contributed by atoms with Gasteiger partial charge in [0.15, 0.2) is 12.4 Å². The predicted molar refractivity (Wildman–Crippen MR) is 102 cm³/mol. The molecule has 27 heavy (non-hydrogen) atoms. The van der Waals surface area contributed by atoms with Gasteiger partial charge in [-0.1, -0.05) is 60.7 Å². The van der Waals surface area contributed by atoms with Crippen LogP contribution in [0.15, 0.2) is 77.2 Å². The van der Waals surface area contributed by atoms with Crippen molar-refractivity contribution in [1.29, 1.82) is 0 Å². The zero-order valence-electron chi connectivity index (χ0n) is 14.7. The molecule has 0 spiro atoms. The van der Waals surface area contributed by atoms with E-state index in [1.807, 2.05) is 54.6 Å². The molecule has 1 aromatic heterocycles. The molecule has 0 unspecified atom stereocenters. The van der Waals surface area contributed by atoms with Gasteiger partial charge < -0.3 is 9.15 Å². The van der Waals surface area contributed by atoms with Crippen LogP contribution in [0.4, 0.5) is 0 Å². The summed E-state index contributed by atoms with van der Waals surface area (Å²) >= 11 is 0. The zero-order chi connectivity index (χ0) is 18.5. The summed E-state index contributed by atoms with van der Waals surface area (Å²) in [6.45, 7) is 0.192. The van der Waals surface area contributed by atoms with E-state index in [-0.39, 0.29) is 12.4 Å². The van der Waals surface area contributed by atoms with E-state index in [1.54, 1.807) is 12.1 Å². The number of Topliss-reactive ketones (excluding diaryl/α,β-unsaturated/α-hetero) is 1. The van der Waals surface area contributed by atoms with Crippen molar-refractivity contribution < 1.29 is 13.9 Å². The van der Waals surface area contributed by atoms with Crippen LogP contribution in [0.1, 0.15) is 28.6 Å². The molecule has 0 N–H and O–H groups in total. The standard InChI is InChI=1S/C22H18N2O3/c25-20(17-7-2-1-3-8-17)12-13-21-23-24-22(27-21)15-26-19-11-10-16-6-4-5-9-18(16)14-19/h1-11,14H,12-13,15H2. The normalized spacial score (nSPS) is 10.8. The molecule has 0 radical (unpaired) electrons.